The van der Waals surface area contributed by atoms with Gasteiger partial charge < -0.3 is 46.0 Å². The first-order valence-electron chi connectivity index (χ1n) is 8.62. The molecule has 0 saturated heterocycles. The molecule has 0 aliphatic carbocycles. The number of rotatable bonds is 15. The first-order valence-corrected chi connectivity index (χ1v) is 8.62. The van der Waals surface area contributed by atoms with Crippen molar-refractivity contribution in [3.63, 3.8) is 0 Å². The highest BCUT2D eigenvalue weighted by Gasteiger charge is 2.68. The maximum absolute atomic E-state index is 12.2. The zero-order valence-corrected chi connectivity index (χ0v) is 18.1. The number of hydrogen-bond acceptors (Lipinski definition) is 16. The molecular formula is C15H9NO24. The smallest absolute Gasteiger partial charge is 0.373 e. The third-order valence-corrected chi connectivity index (χ3v) is 4.28. The fourth-order valence-corrected chi connectivity index (χ4v) is 2.07. The minimum atomic E-state index is -4.86. The van der Waals surface area contributed by atoms with Crippen molar-refractivity contribution in [2.24, 2.45) is 16.2 Å². The van der Waals surface area contributed by atoms with Crippen molar-refractivity contribution in [2.45, 2.75) is 0 Å². The second-order valence-electron chi connectivity index (χ2n) is 6.36. The van der Waals surface area contributed by atoms with E-state index in [4.69, 9.17) is 46.0 Å². The molecule has 0 unspecified atom stereocenters. The molecule has 0 aromatic heterocycles. The number of aliphatic carboxylic acids is 9. The molecule has 40 heavy (non-hydrogen) atoms. The van der Waals surface area contributed by atoms with Gasteiger partial charge in [-0.1, -0.05) is 0 Å². The lowest BCUT2D eigenvalue weighted by molar-refractivity contribution is -0.467. The van der Waals surface area contributed by atoms with Crippen molar-refractivity contribution in [3.05, 3.63) is 0 Å². The average molecular weight is 587 g/mol. The number of carbonyl (C=O) groups excluding carboxylic acids is 3. The Morgan fingerprint density at radius 3 is 0.550 bits per heavy atom. The van der Waals surface area contributed by atoms with Crippen LogP contribution in [0.15, 0.2) is 0 Å². The van der Waals surface area contributed by atoms with Crippen molar-refractivity contribution in [2.75, 3.05) is 0 Å². The summed E-state index contributed by atoms with van der Waals surface area (Å²) < 4.78 is 0. The predicted octanol–water partition coefficient (Wildman–Crippen LogP) is -5.62. The summed E-state index contributed by atoms with van der Waals surface area (Å²) in [5, 5.41) is 78.6. The molecule has 9 N–H and O–H groups in total. The van der Waals surface area contributed by atoms with Crippen LogP contribution >= 0.6 is 0 Å². The molecular weight excluding hydrogens is 578 g/mol. The molecule has 25 heteroatoms. The molecule has 0 bridgehead atoms. The third kappa shape index (κ3) is 4.91. The number of carboxylic acids is 9. The molecule has 218 valence electrons. The summed E-state index contributed by atoms with van der Waals surface area (Å²) in [6.07, 6.45) is 0. The summed E-state index contributed by atoms with van der Waals surface area (Å²) in [5.74, 6) is -38.2. The lowest BCUT2D eigenvalue weighted by atomic mass is 9.88. The van der Waals surface area contributed by atoms with Crippen LogP contribution < -0.4 is 0 Å². The minimum Gasteiger partial charge on any atom is -0.480 e. The Hall–Kier alpha value is -6.40. The van der Waals surface area contributed by atoms with E-state index >= 15 is 0 Å². The molecule has 0 rings (SSSR count). The third-order valence-electron chi connectivity index (χ3n) is 4.28. The van der Waals surface area contributed by atoms with Gasteiger partial charge in [-0.05, 0) is 0 Å². The largest absolute Gasteiger partial charge is 0.480 e. The molecule has 0 spiro atoms. The number of nitrogens with zero attached hydrogens (tertiary/aromatic N) is 1. The van der Waals surface area contributed by atoms with Crippen LogP contribution in [0.3, 0.4) is 0 Å². The average Bonchev–Trinajstić information content (AvgIpc) is 2.71. The van der Waals surface area contributed by atoms with Crippen molar-refractivity contribution >= 4 is 71.6 Å². The Bertz CT molecular complexity index is 994. The summed E-state index contributed by atoms with van der Waals surface area (Å²) in [4.78, 5) is 148. The summed E-state index contributed by atoms with van der Waals surface area (Å²) in [6.45, 7) is 0. The summed E-state index contributed by atoms with van der Waals surface area (Å²) in [5.41, 5.74) is -14.6. The van der Waals surface area contributed by atoms with Gasteiger partial charge in [-0.3, -0.25) is 14.5 Å². The lowest BCUT2D eigenvalue weighted by Crippen LogP contribution is -2.59. The van der Waals surface area contributed by atoms with Gasteiger partial charge in [0.15, 0.2) is 0 Å². The van der Waals surface area contributed by atoms with Gasteiger partial charge in [0.1, 0.15) is 0 Å². The number of hydrogen-bond donors (Lipinski definition) is 9. The molecule has 0 aromatic carbocycles. The van der Waals surface area contributed by atoms with Crippen LogP contribution in [0.5, 0.6) is 0 Å². The molecule has 0 aromatic rings. The van der Waals surface area contributed by atoms with E-state index in [0.29, 0.717) is 0 Å². The van der Waals surface area contributed by atoms with Gasteiger partial charge >= 0.3 is 87.9 Å². The quantitative estimate of drug-likeness (QED) is 0.0636. The monoisotopic (exact) mass is 587 g/mol. The highest BCUT2D eigenvalue weighted by molar-refractivity contribution is 6.33. The molecule has 0 fully saturated rings. The van der Waals surface area contributed by atoms with Crippen molar-refractivity contribution < 1.29 is 118 Å². The first kappa shape index (κ1) is 33.6. The van der Waals surface area contributed by atoms with Gasteiger partial charge in [0.05, 0.1) is 0 Å². The van der Waals surface area contributed by atoms with E-state index in [1.54, 1.807) is 0 Å². The topological polar surface area (TPSA) is 418 Å². The van der Waals surface area contributed by atoms with E-state index in [1.807, 2.05) is 0 Å². The normalized spacial score (nSPS) is 11.3. The molecule has 25 nitrogen and oxygen atoms in total. The molecule has 0 aliphatic heterocycles. The maximum Gasteiger partial charge on any atom is 0.373 e. The predicted molar refractivity (Wildman–Crippen MR) is 96.1 cm³/mol. The molecule has 0 saturated carbocycles. The zero-order chi connectivity index (χ0) is 32.1. The van der Waals surface area contributed by atoms with Gasteiger partial charge in [0.2, 0.25) is 5.39 Å². The Morgan fingerprint density at radius 2 is 0.450 bits per heavy atom. The Morgan fingerprint density at radius 1 is 0.325 bits per heavy atom. The highest BCUT2D eigenvalue weighted by atomic mass is 17.2. The first-order chi connectivity index (χ1) is 18.0. The second kappa shape index (κ2) is 11.3. The molecule has 0 heterocycles. The Labute approximate surface area is 212 Å². The Balaban J connectivity index is 7.22. The van der Waals surface area contributed by atoms with Crippen LogP contribution in [0.1, 0.15) is 0 Å². The maximum atomic E-state index is 12.2. The highest BCUT2D eigenvalue weighted by Crippen LogP contribution is 2.27. The van der Waals surface area contributed by atoms with E-state index in [-0.39, 0.29) is 0 Å². The van der Waals surface area contributed by atoms with Crippen molar-refractivity contribution in [3.8, 4) is 0 Å². The van der Waals surface area contributed by atoms with E-state index in [1.165, 1.54) is 0 Å². The van der Waals surface area contributed by atoms with Crippen molar-refractivity contribution in [1.82, 2.24) is 5.39 Å². The second-order valence-corrected chi connectivity index (χ2v) is 6.36. The van der Waals surface area contributed by atoms with Crippen LogP contribution in [0, 0.1) is 16.2 Å². The van der Waals surface area contributed by atoms with E-state index in [0.717, 1.165) is 0 Å². The minimum absolute atomic E-state index is 1.94. The number of carboxylic acid groups (broad SMARTS) is 9. The van der Waals surface area contributed by atoms with Crippen LogP contribution in [-0.4, -0.2) is 123 Å². The summed E-state index contributed by atoms with van der Waals surface area (Å²) >= 11 is 0. The van der Waals surface area contributed by atoms with Gasteiger partial charge in [0, 0.05) is 0 Å². The van der Waals surface area contributed by atoms with Crippen LogP contribution in [0.25, 0.3) is 0 Å². The standard InChI is InChI=1S/C15H9NO24/c17-1(18)13(2(19)20,3(21)22)10(35)38-16(39-11(36)14(4(23)24,5(25)26)6(27)28)40-12(37)15(7(29)30,8(31)32)9(33)34/h(H,17,18)(H,19,20)(H,21,22)(H,23,24)(H,25,26)(H,27,28)(H,29,30)(H,31,32)(H,33,34). The number of carbonyl (C=O) groups is 12. The van der Waals surface area contributed by atoms with Gasteiger partial charge in [-0.15, -0.1) is 0 Å². The molecule has 0 atom stereocenters. The van der Waals surface area contributed by atoms with E-state index < -0.39 is 93.3 Å². The summed E-state index contributed by atoms with van der Waals surface area (Å²) in [7, 11) is 0. The van der Waals surface area contributed by atoms with Crippen molar-refractivity contribution in [1.29, 1.82) is 0 Å². The zero-order valence-electron chi connectivity index (χ0n) is 18.1. The van der Waals surface area contributed by atoms with Crippen LogP contribution in [0.4, 0.5) is 0 Å². The van der Waals surface area contributed by atoms with Gasteiger partial charge in [-0.2, -0.15) is 0 Å². The van der Waals surface area contributed by atoms with Crippen LogP contribution in [-0.2, 0) is 72.0 Å². The molecule has 0 aliphatic rings. The fourth-order valence-electron chi connectivity index (χ4n) is 2.07. The fraction of sp³-hybridized carbons (Fsp3) is 0.200. The lowest BCUT2D eigenvalue weighted by Gasteiger charge is -2.26. The van der Waals surface area contributed by atoms with E-state index in [9.17, 15) is 57.5 Å². The Kier molecular flexibility index (Phi) is 9.52. The van der Waals surface area contributed by atoms with E-state index in [2.05, 4.69) is 14.5 Å². The SMILES string of the molecule is O=C(O)C(C(=O)O)(C(=O)O)C(=O)ON(OC(=O)C(C(=O)O)(C(=O)O)C(=O)O)OC(=O)C(C(=O)O)(C(=O)O)C(=O)O. The van der Waals surface area contributed by atoms with Gasteiger partial charge in [-0.25, -0.2) is 57.5 Å². The molecule has 0 amide bonds. The van der Waals surface area contributed by atoms with Crippen LogP contribution in [0.2, 0.25) is 0 Å². The summed E-state index contributed by atoms with van der Waals surface area (Å²) in [6, 6.07) is 0. The molecule has 0 radical (unpaired) electrons. The van der Waals surface area contributed by atoms with Gasteiger partial charge in [0.25, 0.3) is 0 Å².